The molecule has 0 spiro atoms. The zero-order valence-corrected chi connectivity index (χ0v) is 10.2. The van der Waals surface area contributed by atoms with Gasteiger partial charge in [0, 0.05) is 19.0 Å². The molecular weight excluding hydrogens is 237 g/mol. The molecule has 0 saturated carbocycles. The Labute approximate surface area is 104 Å². The van der Waals surface area contributed by atoms with Crippen molar-refractivity contribution in [1.82, 2.24) is 5.32 Å². The number of rotatable bonds is 4. The van der Waals surface area contributed by atoms with Crippen LogP contribution in [0, 0.1) is 5.82 Å². The van der Waals surface area contributed by atoms with E-state index in [1.54, 1.807) is 0 Å². The van der Waals surface area contributed by atoms with E-state index < -0.39 is 5.97 Å². The molecule has 0 aliphatic heterocycles. The van der Waals surface area contributed by atoms with E-state index in [9.17, 15) is 14.0 Å². The summed E-state index contributed by atoms with van der Waals surface area (Å²) in [6.45, 7) is 2.83. The molecule has 1 amide bonds. The number of hydrogen-bond donors (Lipinski definition) is 2. The summed E-state index contributed by atoms with van der Waals surface area (Å²) in [5.41, 5.74) is 1.04. The number of aliphatic carboxylic acids is 1. The second-order valence-electron chi connectivity index (χ2n) is 3.89. The first-order valence-corrected chi connectivity index (χ1v) is 5.35. The number of allylic oxidation sites excluding steroid dienone is 1. The minimum absolute atomic E-state index is 0.0804. The molecule has 5 heteroatoms. The van der Waals surface area contributed by atoms with Gasteiger partial charge in [-0.05, 0) is 24.6 Å². The van der Waals surface area contributed by atoms with Crippen LogP contribution in [0.15, 0.2) is 35.5 Å². The van der Waals surface area contributed by atoms with Gasteiger partial charge in [0.05, 0.1) is 5.57 Å². The molecule has 0 fully saturated rings. The summed E-state index contributed by atoms with van der Waals surface area (Å²) in [7, 11) is 0. The Morgan fingerprint density at radius 2 is 1.78 bits per heavy atom. The second kappa shape index (κ2) is 5.95. The summed E-state index contributed by atoms with van der Waals surface area (Å²) in [6, 6.07) is 5.56. The Balaban J connectivity index is 2.97. The number of amides is 1. The Morgan fingerprint density at radius 1 is 1.22 bits per heavy atom. The third-order valence-electron chi connectivity index (χ3n) is 2.37. The maximum Gasteiger partial charge on any atom is 0.333 e. The molecule has 0 atom stereocenters. The normalized spacial score (nSPS) is 11.7. The van der Waals surface area contributed by atoms with Crippen LogP contribution in [0.1, 0.15) is 19.4 Å². The Hall–Kier alpha value is -2.17. The van der Waals surface area contributed by atoms with Gasteiger partial charge in [-0.15, -0.1) is 0 Å². The van der Waals surface area contributed by atoms with Gasteiger partial charge in [0.15, 0.2) is 0 Å². The first-order chi connectivity index (χ1) is 8.40. The minimum atomic E-state index is -1.11. The van der Waals surface area contributed by atoms with Gasteiger partial charge >= 0.3 is 5.97 Å². The monoisotopic (exact) mass is 251 g/mol. The summed E-state index contributed by atoms with van der Waals surface area (Å²) < 4.78 is 12.7. The minimum Gasteiger partial charge on any atom is -0.478 e. The zero-order valence-electron chi connectivity index (χ0n) is 10.2. The average Bonchev–Trinajstić information content (AvgIpc) is 2.26. The molecule has 0 aliphatic rings. The molecule has 0 aliphatic carbocycles. The van der Waals surface area contributed by atoms with Gasteiger partial charge in [-0.25, -0.2) is 9.18 Å². The van der Waals surface area contributed by atoms with E-state index in [1.165, 1.54) is 38.1 Å². The van der Waals surface area contributed by atoms with Crippen LogP contribution < -0.4 is 5.32 Å². The van der Waals surface area contributed by atoms with Gasteiger partial charge in [0.25, 0.3) is 0 Å². The number of carbonyl (C=O) groups is 2. The maximum atomic E-state index is 12.7. The van der Waals surface area contributed by atoms with Gasteiger partial charge in [0.1, 0.15) is 5.82 Å². The van der Waals surface area contributed by atoms with Crippen molar-refractivity contribution in [2.75, 3.05) is 0 Å². The first-order valence-electron chi connectivity index (χ1n) is 5.35. The number of carbonyl (C=O) groups excluding carboxylic acids is 1. The number of nitrogens with one attached hydrogen (secondary N) is 1. The third-order valence-corrected chi connectivity index (χ3v) is 2.37. The molecule has 0 radical (unpaired) electrons. The number of benzene rings is 1. The highest BCUT2D eigenvalue weighted by molar-refractivity contribution is 5.89. The summed E-state index contributed by atoms with van der Waals surface area (Å²) in [4.78, 5) is 22.0. The SMILES string of the molecule is CC(=O)NC(C)=C(Cc1ccc(F)cc1)C(=O)O. The first kappa shape index (κ1) is 13.9. The molecule has 0 saturated heterocycles. The fourth-order valence-corrected chi connectivity index (χ4v) is 1.51. The standard InChI is InChI=1S/C13H14FNO3/c1-8(15-9(2)16)12(13(17)18)7-10-3-5-11(14)6-4-10/h3-6H,7H2,1-2H3,(H,15,16)(H,17,18). The van der Waals surface area contributed by atoms with E-state index in [1.807, 2.05) is 0 Å². The molecule has 4 nitrogen and oxygen atoms in total. The van der Waals surface area contributed by atoms with Crippen molar-refractivity contribution in [3.8, 4) is 0 Å². The van der Waals surface area contributed by atoms with Crippen LogP contribution in [0.25, 0.3) is 0 Å². The summed E-state index contributed by atoms with van der Waals surface area (Å²) in [5, 5.41) is 11.5. The Morgan fingerprint density at radius 3 is 2.22 bits per heavy atom. The van der Waals surface area contributed by atoms with Gasteiger partial charge in [-0.3, -0.25) is 4.79 Å². The molecule has 0 heterocycles. The number of hydrogen-bond acceptors (Lipinski definition) is 2. The van der Waals surface area contributed by atoms with Crippen molar-refractivity contribution in [2.24, 2.45) is 0 Å². The van der Waals surface area contributed by atoms with E-state index in [0.29, 0.717) is 11.3 Å². The van der Waals surface area contributed by atoms with Crippen LogP contribution in [-0.4, -0.2) is 17.0 Å². The lowest BCUT2D eigenvalue weighted by Crippen LogP contribution is -2.22. The predicted octanol–water partition coefficient (Wildman–Crippen LogP) is 1.86. The van der Waals surface area contributed by atoms with Crippen LogP contribution in [0.2, 0.25) is 0 Å². The highest BCUT2D eigenvalue weighted by Gasteiger charge is 2.13. The topological polar surface area (TPSA) is 66.4 Å². The van der Waals surface area contributed by atoms with Gasteiger partial charge in [-0.1, -0.05) is 12.1 Å². The number of carboxylic acids is 1. The maximum absolute atomic E-state index is 12.7. The lowest BCUT2D eigenvalue weighted by Gasteiger charge is -2.09. The Kier molecular flexibility index (Phi) is 4.59. The molecular formula is C13H14FNO3. The fourth-order valence-electron chi connectivity index (χ4n) is 1.51. The lowest BCUT2D eigenvalue weighted by molar-refractivity contribution is -0.132. The van der Waals surface area contributed by atoms with Crippen molar-refractivity contribution in [1.29, 1.82) is 0 Å². The zero-order chi connectivity index (χ0) is 13.7. The molecule has 18 heavy (non-hydrogen) atoms. The van der Waals surface area contributed by atoms with E-state index >= 15 is 0 Å². The van der Waals surface area contributed by atoms with Crippen LogP contribution in [0.5, 0.6) is 0 Å². The van der Waals surface area contributed by atoms with Crippen molar-refractivity contribution in [3.63, 3.8) is 0 Å². The lowest BCUT2D eigenvalue weighted by atomic mass is 10.0. The molecule has 1 aromatic carbocycles. The molecule has 0 bridgehead atoms. The van der Waals surface area contributed by atoms with E-state index in [4.69, 9.17) is 5.11 Å². The van der Waals surface area contributed by atoms with Gasteiger partial charge in [-0.2, -0.15) is 0 Å². The second-order valence-corrected chi connectivity index (χ2v) is 3.89. The summed E-state index contributed by atoms with van der Waals surface area (Å²) >= 11 is 0. The largest absolute Gasteiger partial charge is 0.478 e. The van der Waals surface area contributed by atoms with Crippen molar-refractivity contribution >= 4 is 11.9 Å². The average molecular weight is 251 g/mol. The van der Waals surface area contributed by atoms with E-state index in [-0.39, 0.29) is 23.7 Å². The van der Waals surface area contributed by atoms with Crippen molar-refractivity contribution in [2.45, 2.75) is 20.3 Å². The summed E-state index contributed by atoms with van der Waals surface area (Å²) in [6.07, 6.45) is 0.127. The Bertz CT molecular complexity index is 491. The molecule has 0 aromatic heterocycles. The molecule has 96 valence electrons. The smallest absolute Gasteiger partial charge is 0.333 e. The molecule has 2 N–H and O–H groups in total. The molecule has 0 unspecified atom stereocenters. The number of halogens is 1. The van der Waals surface area contributed by atoms with Crippen molar-refractivity contribution < 1.29 is 19.1 Å². The highest BCUT2D eigenvalue weighted by atomic mass is 19.1. The fraction of sp³-hybridized carbons (Fsp3) is 0.231. The molecule has 1 aromatic rings. The van der Waals surface area contributed by atoms with E-state index in [0.717, 1.165) is 0 Å². The van der Waals surface area contributed by atoms with Crippen molar-refractivity contribution in [3.05, 3.63) is 46.9 Å². The van der Waals surface area contributed by atoms with E-state index in [2.05, 4.69) is 5.32 Å². The van der Waals surface area contributed by atoms with Crippen LogP contribution in [-0.2, 0) is 16.0 Å². The van der Waals surface area contributed by atoms with Crippen LogP contribution >= 0.6 is 0 Å². The van der Waals surface area contributed by atoms with Gasteiger partial charge < -0.3 is 10.4 Å². The van der Waals surface area contributed by atoms with Crippen LogP contribution in [0.3, 0.4) is 0 Å². The quantitative estimate of drug-likeness (QED) is 0.803. The van der Waals surface area contributed by atoms with Gasteiger partial charge in [0.2, 0.25) is 5.91 Å². The highest BCUT2D eigenvalue weighted by Crippen LogP contribution is 2.12. The molecule has 1 rings (SSSR count). The van der Waals surface area contributed by atoms with Crippen LogP contribution in [0.4, 0.5) is 4.39 Å². The number of carboxylic acid groups (broad SMARTS) is 1. The third kappa shape index (κ3) is 4.01. The summed E-state index contributed by atoms with van der Waals surface area (Å²) in [5.74, 6) is -1.81. The predicted molar refractivity (Wildman–Crippen MR) is 64.3 cm³/mol.